The summed E-state index contributed by atoms with van der Waals surface area (Å²) >= 11 is 0. The standard InChI is InChI=1S/C17H24F3N5O/c1-9(2)21-12-15(3,4)13(16(12,5)6)26-11-8-7-10-22-23-14(17(18,19)20)25(10)24-11/h7-9,12-13,21H,1-6H3. The van der Waals surface area contributed by atoms with E-state index >= 15 is 0 Å². The Bertz CT molecular complexity index is 796. The van der Waals surface area contributed by atoms with Gasteiger partial charge in [0.05, 0.1) is 0 Å². The largest absolute Gasteiger partial charge is 0.472 e. The van der Waals surface area contributed by atoms with Crippen molar-refractivity contribution in [1.82, 2.24) is 25.1 Å². The van der Waals surface area contributed by atoms with E-state index in [1.165, 1.54) is 12.1 Å². The number of fused-ring (bicyclic) bond motifs is 1. The second-order valence-corrected chi connectivity index (χ2v) is 8.36. The van der Waals surface area contributed by atoms with Crippen LogP contribution in [0, 0.1) is 10.8 Å². The van der Waals surface area contributed by atoms with Gasteiger partial charge >= 0.3 is 6.18 Å². The summed E-state index contributed by atoms with van der Waals surface area (Å²) in [7, 11) is 0. The normalized spacial score (nSPS) is 24.7. The number of rotatable bonds is 4. The quantitative estimate of drug-likeness (QED) is 0.893. The fourth-order valence-corrected chi connectivity index (χ4v) is 4.32. The number of halogens is 3. The highest BCUT2D eigenvalue weighted by atomic mass is 19.4. The highest BCUT2D eigenvalue weighted by molar-refractivity contribution is 5.38. The van der Waals surface area contributed by atoms with Crippen LogP contribution >= 0.6 is 0 Å². The molecule has 2 aromatic rings. The predicted molar refractivity (Wildman–Crippen MR) is 89.8 cm³/mol. The Labute approximate surface area is 150 Å². The summed E-state index contributed by atoms with van der Waals surface area (Å²) in [6, 6.07) is 3.48. The molecule has 0 atom stereocenters. The van der Waals surface area contributed by atoms with Gasteiger partial charge in [0.25, 0.3) is 5.82 Å². The lowest BCUT2D eigenvalue weighted by atomic mass is 9.49. The molecule has 2 heterocycles. The molecule has 0 spiro atoms. The number of hydrogen-bond acceptors (Lipinski definition) is 5. The third kappa shape index (κ3) is 2.91. The minimum absolute atomic E-state index is 0.0242. The molecule has 0 saturated heterocycles. The predicted octanol–water partition coefficient (Wildman–Crippen LogP) is 3.32. The van der Waals surface area contributed by atoms with Crippen molar-refractivity contribution in [2.45, 2.75) is 65.9 Å². The van der Waals surface area contributed by atoms with Gasteiger partial charge in [0.15, 0.2) is 5.65 Å². The van der Waals surface area contributed by atoms with E-state index in [1.54, 1.807) is 0 Å². The maximum absolute atomic E-state index is 13.0. The lowest BCUT2D eigenvalue weighted by Crippen LogP contribution is -2.74. The van der Waals surface area contributed by atoms with Crippen LogP contribution in [0.4, 0.5) is 13.2 Å². The number of hydrogen-bond donors (Lipinski definition) is 1. The summed E-state index contributed by atoms with van der Waals surface area (Å²) in [5.41, 5.74) is -0.384. The van der Waals surface area contributed by atoms with E-state index in [0.29, 0.717) is 10.6 Å². The number of nitrogens with one attached hydrogen (secondary N) is 1. The molecule has 0 aromatic carbocycles. The van der Waals surface area contributed by atoms with Crippen molar-refractivity contribution in [3.05, 3.63) is 18.0 Å². The highest BCUT2D eigenvalue weighted by Crippen LogP contribution is 2.55. The summed E-state index contributed by atoms with van der Waals surface area (Å²) in [5.74, 6) is -1.04. The van der Waals surface area contributed by atoms with Gasteiger partial charge in [-0.05, 0) is 6.07 Å². The lowest BCUT2D eigenvalue weighted by Gasteiger charge is -2.63. The smallest absolute Gasteiger partial charge is 0.453 e. The maximum Gasteiger partial charge on any atom is 0.453 e. The molecule has 1 aliphatic rings. The van der Waals surface area contributed by atoms with Gasteiger partial charge in [-0.2, -0.15) is 17.7 Å². The summed E-state index contributed by atoms with van der Waals surface area (Å²) in [4.78, 5) is 0. The molecule has 1 N–H and O–H groups in total. The van der Waals surface area contributed by atoms with E-state index < -0.39 is 12.0 Å². The van der Waals surface area contributed by atoms with Crippen LogP contribution in [0.25, 0.3) is 5.65 Å². The second-order valence-electron chi connectivity index (χ2n) is 8.36. The Morgan fingerprint density at radius 2 is 1.73 bits per heavy atom. The molecule has 1 saturated carbocycles. The minimum Gasteiger partial charge on any atom is -0.472 e. The van der Waals surface area contributed by atoms with E-state index in [2.05, 4.69) is 62.2 Å². The molecule has 3 rings (SSSR count). The van der Waals surface area contributed by atoms with Crippen molar-refractivity contribution in [2.24, 2.45) is 10.8 Å². The molecule has 1 fully saturated rings. The van der Waals surface area contributed by atoms with Crippen LogP contribution in [0.3, 0.4) is 0 Å². The molecule has 0 radical (unpaired) electrons. The van der Waals surface area contributed by atoms with Crippen LogP contribution in [-0.2, 0) is 6.18 Å². The highest BCUT2D eigenvalue weighted by Gasteiger charge is 2.63. The Morgan fingerprint density at radius 3 is 2.27 bits per heavy atom. The molecular weight excluding hydrogens is 347 g/mol. The average molecular weight is 371 g/mol. The molecule has 0 bridgehead atoms. The van der Waals surface area contributed by atoms with Gasteiger partial charge in [-0.15, -0.1) is 15.3 Å². The van der Waals surface area contributed by atoms with Crippen LogP contribution in [0.1, 0.15) is 47.4 Å². The first-order valence-corrected chi connectivity index (χ1v) is 8.57. The van der Waals surface area contributed by atoms with E-state index in [-0.39, 0.29) is 34.5 Å². The fraction of sp³-hybridized carbons (Fsp3) is 0.706. The zero-order chi connectivity index (χ0) is 19.5. The Hall–Kier alpha value is -1.90. The molecule has 144 valence electrons. The van der Waals surface area contributed by atoms with Gasteiger partial charge in [0.1, 0.15) is 6.10 Å². The van der Waals surface area contributed by atoms with Gasteiger partial charge in [-0.3, -0.25) is 0 Å². The van der Waals surface area contributed by atoms with Crippen LogP contribution in [-0.4, -0.2) is 38.0 Å². The van der Waals surface area contributed by atoms with Crippen LogP contribution in [0.5, 0.6) is 5.88 Å². The summed E-state index contributed by atoms with van der Waals surface area (Å²) in [5, 5.41) is 14.2. The average Bonchev–Trinajstić information content (AvgIpc) is 2.93. The molecule has 6 nitrogen and oxygen atoms in total. The van der Waals surface area contributed by atoms with Crippen molar-refractivity contribution in [1.29, 1.82) is 0 Å². The summed E-state index contributed by atoms with van der Waals surface area (Å²) in [6.45, 7) is 12.5. The van der Waals surface area contributed by atoms with E-state index in [9.17, 15) is 13.2 Å². The second kappa shape index (κ2) is 5.80. The van der Waals surface area contributed by atoms with Crippen molar-refractivity contribution in [3.8, 4) is 5.88 Å². The van der Waals surface area contributed by atoms with Crippen LogP contribution in [0.2, 0.25) is 0 Å². The Morgan fingerprint density at radius 1 is 1.12 bits per heavy atom. The van der Waals surface area contributed by atoms with Gasteiger partial charge < -0.3 is 10.1 Å². The number of ether oxygens (including phenoxy) is 1. The first-order valence-electron chi connectivity index (χ1n) is 8.57. The minimum atomic E-state index is -4.63. The molecular formula is C17H24F3N5O. The van der Waals surface area contributed by atoms with Gasteiger partial charge in [-0.25, -0.2) is 0 Å². The molecule has 9 heteroatoms. The molecule has 2 aromatic heterocycles. The van der Waals surface area contributed by atoms with Crippen LogP contribution in [0.15, 0.2) is 12.1 Å². The van der Waals surface area contributed by atoms with Crippen molar-refractivity contribution in [3.63, 3.8) is 0 Å². The first kappa shape index (κ1) is 18.9. The van der Waals surface area contributed by atoms with Crippen molar-refractivity contribution >= 4 is 5.65 Å². The lowest BCUT2D eigenvalue weighted by molar-refractivity contribution is -0.172. The SMILES string of the molecule is CC(C)NC1C(C)(C)C(Oc2ccc3nnc(C(F)(F)F)n3n2)C1(C)C. The van der Waals surface area contributed by atoms with E-state index in [4.69, 9.17) is 4.74 Å². The molecule has 1 aliphatic carbocycles. The van der Waals surface area contributed by atoms with Crippen molar-refractivity contribution < 1.29 is 17.9 Å². The van der Waals surface area contributed by atoms with E-state index in [0.717, 1.165) is 0 Å². The Balaban J connectivity index is 1.89. The topological polar surface area (TPSA) is 64.3 Å². The number of nitrogens with zero attached hydrogens (tertiary/aromatic N) is 4. The van der Waals surface area contributed by atoms with Gasteiger partial charge in [-0.1, -0.05) is 41.5 Å². The third-order valence-corrected chi connectivity index (χ3v) is 5.07. The first-order chi connectivity index (χ1) is 11.8. The zero-order valence-electron chi connectivity index (χ0n) is 15.7. The monoisotopic (exact) mass is 371 g/mol. The van der Waals surface area contributed by atoms with E-state index in [1.807, 2.05) is 0 Å². The zero-order valence-corrected chi connectivity index (χ0v) is 15.7. The van der Waals surface area contributed by atoms with Gasteiger partial charge in [0, 0.05) is 29.0 Å². The molecule has 26 heavy (non-hydrogen) atoms. The maximum atomic E-state index is 13.0. The molecule has 0 unspecified atom stereocenters. The van der Waals surface area contributed by atoms with Crippen LogP contribution < -0.4 is 10.1 Å². The molecule has 0 aliphatic heterocycles. The number of aromatic nitrogens is 4. The third-order valence-electron chi connectivity index (χ3n) is 5.07. The molecule has 0 amide bonds. The summed E-state index contributed by atoms with van der Waals surface area (Å²) in [6.07, 6.45) is -4.84. The summed E-state index contributed by atoms with van der Waals surface area (Å²) < 4.78 is 45.8. The fourth-order valence-electron chi connectivity index (χ4n) is 4.32. The van der Waals surface area contributed by atoms with Crippen molar-refractivity contribution in [2.75, 3.05) is 0 Å². The Kier molecular flexibility index (Phi) is 4.21. The number of alkyl halides is 3. The van der Waals surface area contributed by atoms with Gasteiger partial charge in [0.2, 0.25) is 5.88 Å².